The van der Waals surface area contributed by atoms with Crippen molar-refractivity contribution in [3.8, 4) is 0 Å². The van der Waals surface area contributed by atoms with E-state index in [2.05, 4.69) is 10.0 Å². The zero-order valence-electron chi connectivity index (χ0n) is 14.3. The molecule has 0 saturated heterocycles. The summed E-state index contributed by atoms with van der Waals surface area (Å²) in [5, 5.41) is 4.57. The monoisotopic (exact) mass is 386 g/mol. The first kappa shape index (κ1) is 18.2. The number of thiophene rings is 1. The van der Waals surface area contributed by atoms with Crippen LogP contribution in [0.2, 0.25) is 0 Å². The fourth-order valence-electron chi connectivity index (χ4n) is 2.46. The van der Waals surface area contributed by atoms with Gasteiger partial charge in [-0.15, -0.1) is 11.3 Å². The minimum Gasteiger partial charge on any atom is -0.322 e. The minimum absolute atomic E-state index is 0.245. The lowest BCUT2D eigenvalue weighted by molar-refractivity contribution is 0.102. The zero-order chi connectivity index (χ0) is 18.7. The van der Waals surface area contributed by atoms with E-state index >= 15 is 0 Å². The molecule has 0 aliphatic carbocycles. The highest BCUT2D eigenvalue weighted by atomic mass is 32.2. The van der Waals surface area contributed by atoms with E-state index in [1.807, 2.05) is 32.0 Å². The van der Waals surface area contributed by atoms with Crippen molar-refractivity contribution in [2.45, 2.75) is 18.1 Å². The quantitative estimate of drug-likeness (QED) is 0.682. The number of hydrogen-bond donors (Lipinski definition) is 2. The predicted molar refractivity (Wildman–Crippen MR) is 105 cm³/mol. The molecule has 7 heteroatoms. The van der Waals surface area contributed by atoms with Crippen molar-refractivity contribution < 1.29 is 13.2 Å². The summed E-state index contributed by atoms with van der Waals surface area (Å²) in [7, 11) is -3.59. The van der Waals surface area contributed by atoms with Gasteiger partial charge < -0.3 is 5.32 Å². The number of benzene rings is 2. The molecule has 0 aliphatic rings. The minimum atomic E-state index is -3.59. The maximum absolute atomic E-state index is 12.4. The Morgan fingerprint density at radius 2 is 1.73 bits per heavy atom. The van der Waals surface area contributed by atoms with E-state index in [0.29, 0.717) is 11.3 Å². The lowest BCUT2D eigenvalue weighted by atomic mass is 10.1. The van der Waals surface area contributed by atoms with Crippen LogP contribution in [-0.2, 0) is 10.0 Å². The van der Waals surface area contributed by atoms with Gasteiger partial charge in [-0.3, -0.25) is 9.52 Å². The number of anilines is 2. The van der Waals surface area contributed by atoms with Gasteiger partial charge in [0, 0.05) is 16.9 Å². The molecule has 0 atom stereocenters. The van der Waals surface area contributed by atoms with Crippen LogP contribution in [-0.4, -0.2) is 14.3 Å². The van der Waals surface area contributed by atoms with Gasteiger partial charge in [0.1, 0.15) is 4.21 Å². The molecular weight excluding hydrogens is 368 g/mol. The molecule has 0 saturated carbocycles. The van der Waals surface area contributed by atoms with Gasteiger partial charge in [0.15, 0.2) is 0 Å². The van der Waals surface area contributed by atoms with E-state index in [1.165, 1.54) is 0 Å². The maximum atomic E-state index is 12.4. The van der Waals surface area contributed by atoms with Crippen LogP contribution in [0, 0.1) is 13.8 Å². The predicted octanol–water partition coefficient (Wildman–Crippen LogP) is 4.42. The smallest absolute Gasteiger partial charge is 0.271 e. The van der Waals surface area contributed by atoms with Gasteiger partial charge in [-0.2, -0.15) is 0 Å². The zero-order valence-corrected chi connectivity index (χ0v) is 15.9. The molecule has 2 N–H and O–H groups in total. The van der Waals surface area contributed by atoms with Crippen LogP contribution in [0.1, 0.15) is 21.5 Å². The molecule has 0 aliphatic heterocycles. The Morgan fingerprint density at radius 1 is 1.00 bits per heavy atom. The van der Waals surface area contributed by atoms with E-state index in [9.17, 15) is 13.2 Å². The topological polar surface area (TPSA) is 75.3 Å². The number of nitrogens with one attached hydrogen (secondary N) is 2. The highest BCUT2D eigenvalue weighted by molar-refractivity contribution is 7.94. The first-order chi connectivity index (χ1) is 12.3. The number of hydrogen-bond acceptors (Lipinski definition) is 4. The molecule has 1 heterocycles. The molecule has 2 aromatic carbocycles. The second-order valence-corrected chi connectivity index (χ2v) is 8.74. The summed E-state index contributed by atoms with van der Waals surface area (Å²) in [6.45, 7) is 3.93. The van der Waals surface area contributed by atoms with Crippen molar-refractivity contribution in [1.29, 1.82) is 0 Å². The van der Waals surface area contributed by atoms with Crippen LogP contribution in [0.25, 0.3) is 0 Å². The number of sulfonamides is 1. The molecule has 0 spiro atoms. The Bertz CT molecular complexity index is 1030. The largest absolute Gasteiger partial charge is 0.322 e. The lowest BCUT2D eigenvalue weighted by Gasteiger charge is -2.10. The Hall–Kier alpha value is -2.64. The van der Waals surface area contributed by atoms with Crippen LogP contribution < -0.4 is 10.0 Å². The van der Waals surface area contributed by atoms with E-state index in [4.69, 9.17) is 0 Å². The third kappa shape index (κ3) is 4.12. The van der Waals surface area contributed by atoms with Gasteiger partial charge in [-0.05, 0) is 61.2 Å². The van der Waals surface area contributed by atoms with Crippen molar-refractivity contribution in [3.05, 3.63) is 76.7 Å². The lowest BCUT2D eigenvalue weighted by Crippen LogP contribution is -2.14. The summed E-state index contributed by atoms with van der Waals surface area (Å²) in [6.07, 6.45) is 0. The molecule has 0 bridgehead atoms. The number of rotatable bonds is 5. The summed E-state index contributed by atoms with van der Waals surface area (Å²) >= 11 is 1.15. The van der Waals surface area contributed by atoms with Crippen LogP contribution in [0.4, 0.5) is 11.4 Å². The molecule has 0 unspecified atom stereocenters. The molecule has 0 radical (unpaired) electrons. The molecule has 3 aromatic rings. The normalized spacial score (nSPS) is 11.2. The van der Waals surface area contributed by atoms with Gasteiger partial charge in [0.25, 0.3) is 15.9 Å². The fraction of sp³-hybridized carbons (Fsp3) is 0.105. The summed E-state index contributed by atoms with van der Waals surface area (Å²) in [5.74, 6) is -0.246. The Morgan fingerprint density at radius 3 is 2.35 bits per heavy atom. The highest BCUT2D eigenvalue weighted by Gasteiger charge is 2.15. The second kappa shape index (κ2) is 7.31. The Kier molecular flexibility index (Phi) is 5.11. The summed E-state index contributed by atoms with van der Waals surface area (Å²) in [5.41, 5.74) is 3.72. The van der Waals surface area contributed by atoms with Crippen molar-refractivity contribution in [1.82, 2.24) is 0 Å². The van der Waals surface area contributed by atoms with Gasteiger partial charge in [0.05, 0.1) is 0 Å². The molecule has 1 amide bonds. The number of carbonyl (C=O) groups excluding carboxylic acids is 1. The average molecular weight is 386 g/mol. The van der Waals surface area contributed by atoms with Gasteiger partial charge in [-0.1, -0.05) is 23.8 Å². The van der Waals surface area contributed by atoms with E-state index in [0.717, 1.165) is 28.2 Å². The van der Waals surface area contributed by atoms with Crippen LogP contribution in [0.15, 0.2) is 64.2 Å². The average Bonchev–Trinajstić information content (AvgIpc) is 3.13. The standard InChI is InChI=1S/C19H18N2O3S2/c1-13-5-10-17(14(2)12-13)20-19(22)15-6-8-16(9-7-15)21-26(23,24)18-4-3-11-25-18/h3-12,21H,1-2H3,(H,20,22). The summed E-state index contributed by atoms with van der Waals surface area (Å²) < 4.78 is 27.2. The molecule has 134 valence electrons. The van der Waals surface area contributed by atoms with Gasteiger partial charge >= 0.3 is 0 Å². The molecule has 26 heavy (non-hydrogen) atoms. The SMILES string of the molecule is Cc1ccc(NC(=O)c2ccc(NS(=O)(=O)c3cccs3)cc2)c(C)c1. The molecular formula is C19H18N2O3S2. The number of amides is 1. The molecule has 3 rings (SSSR count). The summed E-state index contributed by atoms with van der Waals surface area (Å²) in [4.78, 5) is 12.4. The van der Waals surface area contributed by atoms with Crippen molar-refractivity contribution >= 4 is 38.6 Å². The van der Waals surface area contributed by atoms with Gasteiger partial charge in [0.2, 0.25) is 0 Å². The molecule has 1 aromatic heterocycles. The molecule has 0 fully saturated rings. The first-order valence-electron chi connectivity index (χ1n) is 7.90. The van der Waals surface area contributed by atoms with E-state index in [1.54, 1.807) is 41.8 Å². The molecule has 5 nitrogen and oxygen atoms in total. The van der Waals surface area contributed by atoms with E-state index in [-0.39, 0.29) is 10.1 Å². The maximum Gasteiger partial charge on any atom is 0.271 e. The highest BCUT2D eigenvalue weighted by Crippen LogP contribution is 2.21. The number of aryl methyl sites for hydroxylation is 2. The fourth-order valence-corrected chi connectivity index (χ4v) is 4.51. The van der Waals surface area contributed by atoms with Crippen molar-refractivity contribution in [3.63, 3.8) is 0 Å². The first-order valence-corrected chi connectivity index (χ1v) is 10.3. The van der Waals surface area contributed by atoms with Crippen molar-refractivity contribution in [2.24, 2.45) is 0 Å². The Balaban J connectivity index is 1.72. The van der Waals surface area contributed by atoms with Crippen molar-refractivity contribution in [2.75, 3.05) is 10.0 Å². The van der Waals surface area contributed by atoms with E-state index < -0.39 is 10.0 Å². The third-order valence-corrected chi connectivity index (χ3v) is 6.57. The summed E-state index contributed by atoms with van der Waals surface area (Å²) in [6, 6.07) is 15.3. The third-order valence-electron chi connectivity index (χ3n) is 3.79. The van der Waals surface area contributed by atoms with Crippen LogP contribution >= 0.6 is 11.3 Å². The Labute approximate surface area is 156 Å². The van der Waals surface area contributed by atoms with Crippen LogP contribution in [0.3, 0.4) is 0 Å². The second-order valence-electron chi connectivity index (χ2n) is 5.89. The number of carbonyl (C=O) groups is 1. The van der Waals surface area contributed by atoms with Gasteiger partial charge in [-0.25, -0.2) is 8.42 Å². The van der Waals surface area contributed by atoms with Crippen LogP contribution in [0.5, 0.6) is 0 Å².